The molecule has 0 aliphatic carbocycles. The van der Waals surface area contributed by atoms with Crippen molar-refractivity contribution in [3.63, 3.8) is 0 Å². The zero-order valence-corrected chi connectivity index (χ0v) is 20.8. The van der Waals surface area contributed by atoms with Crippen molar-refractivity contribution in [3.8, 4) is 0 Å². The summed E-state index contributed by atoms with van der Waals surface area (Å²) in [7, 11) is -3.74. The zero-order valence-electron chi connectivity index (χ0n) is 17.3. The Morgan fingerprint density at radius 2 is 1.91 bits per heavy atom. The Bertz CT molecular complexity index is 1720. The van der Waals surface area contributed by atoms with Gasteiger partial charge >= 0.3 is 205 Å². The fraction of sp³-hybridized carbons (Fsp3) is 0. The molecule has 6 rings (SSSR count). The van der Waals surface area contributed by atoms with Gasteiger partial charge in [0.05, 0.1) is 0 Å². The zero-order chi connectivity index (χ0) is 23.3. The third kappa shape index (κ3) is 3.69. The van der Waals surface area contributed by atoms with Crippen molar-refractivity contribution in [3.05, 3.63) is 76.7 Å². The Balaban J connectivity index is 1.23. The second-order valence-electron chi connectivity index (χ2n) is 7.59. The van der Waals surface area contributed by atoms with E-state index in [4.69, 9.17) is 0 Å². The molecule has 3 heterocycles. The van der Waals surface area contributed by atoms with Crippen LogP contribution in [0.1, 0.15) is 5.56 Å². The van der Waals surface area contributed by atoms with Crippen molar-refractivity contribution < 1.29 is 13.2 Å². The molecule has 0 atom stereocenters. The molecule has 5 aromatic rings. The van der Waals surface area contributed by atoms with Crippen molar-refractivity contribution in [2.45, 2.75) is 4.90 Å². The van der Waals surface area contributed by atoms with Gasteiger partial charge in [-0.1, -0.05) is 0 Å². The molecule has 0 saturated heterocycles. The Morgan fingerprint density at radius 1 is 1.06 bits per heavy atom. The number of thiazole rings is 1. The summed E-state index contributed by atoms with van der Waals surface area (Å²) in [6, 6.07) is 15.8. The molecule has 3 N–H and O–H groups in total. The number of carbonyl (C=O) groups excluding carboxylic acids is 1. The van der Waals surface area contributed by atoms with E-state index in [1.165, 1.54) is 11.3 Å². The summed E-state index contributed by atoms with van der Waals surface area (Å²) in [5, 5.41) is 10.6. The monoisotopic (exact) mass is 548 g/mol. The van der Waals surface area contributed by atoms with E-state index in [9.17, 15) is 13.2 Å². The van der Waals surface area contributed by atoms with E-state index in [-0.39, 0.29) is 10.8 Å². The van der Waals surface area contributed by atoms with Crippen molar-refractivity contribution in [1.82, 2.24) is 15.2 Å². The third-order valence-electron chi connectivity index (χ3n) is 5.45. The van der Waals surface area contributed by atoms with Crippen LogP contribution in [0.3, 0.4) is 0 Å². The van der Waals surface area contributed by atoms with E-state index in [0.717, 1.165) is 36.7 Å². The van der Waals surface area contributed by atoms with Gasteiger partial charge in [-0.05, 0) is 0 Å². The first kappa shape index (κ1) is 21.1. The molecule has 2 aromatic heterocycles. The van der Waals surface area contributed by atoms with Crippen LogP contribution in [0.2, 0.25) is 0 Å². The number of anilines is 2. The number of nitrogens with zero attached hydrogens (tertiary/aromatic N) is 2. The average molecular weight is 548 g/mol. The number of benzene rings is 3. The molecule has 1 amide bonds. The van der Waals surface area contributed by atoms with Crippen molar-refractivity contribution in [2.75, 3.05) is 10.0 Å². The number of hydrogen-bond donors (Lipinski definition) is 3. The van der Waals surface area contributed by atoms with Crippen LogP contribution in [0.25, 0.3) is 26.7 Å². The van der Waals surface area contributed by atoms with Crippen molar-refractivity contribution in [1.29, 1.82) is 0 Å². The predicted molar refractivity (Wildman–Crippen MR) is 135 cm³/mol. The molecule has 0 unspecified atom stereocenters. The van der Waals surface area contributed by atoms with Gasteiger partial charge in [0.1, 0.15) is 0 Å². The summed E-state index contributed by atoms with van der Waals surface area (Å²) < 4.78 is 30.3. The van der Waals surface area contributed by atoms with Gasteiger partial charge in [-0.3, -0.25) is 0 Å². The van der Waals surface area contributed by atoms with Crippen LogP contribution >= 0.6 is 11.3 Å². The molecule has 11 heteroatoms. The van der Waals surface area contributed by atoms with Crippen LogP contribution in [0.4, 0.5) is 11.4 Å². The van der Waals surface area contributed by atoms with Gasteiger partial charge in [0.15, 0.2) is 0 Å². The Labute approximate surface area is 204 Å². The number of rotatable bonds is 5. The maximum absolute atomic E-state index is 12.8. The van der Waals surface area contributed by atoms with Crippen LogP contribution < -0.4 is 14.4 Å². The number of nitrogens with one attached hydrogen (secondary N) is 3. The second kappa shape index (κ2) is 8.09. The molecule has 1 radical (unpaired) electrons. The fourth-order valence-electron chi connectivity index (χ4n) is 3.79. The van der Waals surface area contributed by atoms with E-state index in [1.807, 2.05) is 17.0 Å². The minimum absolute atomic E-state index is 0.121. The molecule has 0 fully saturated rings. The second-order valence-corrected chi connectivity index (χ2v) is 12.3. The molecule has 3 aromatic carbocycles. The van der Waals surface area contributed by atoms with Gasteiger partial charge < -0.3 is 0 Å². The van der Waals surface area contributed by atoms with Crippen molar-refractivity contribution in [2.24, 2.45) is 0 Å². The molecular weight excluding hydrogens is 533 g/mol. The van der Waals surface area contributed by atoms with Crippen molar-refractivity contribution >= 4 is 85.4 Å². The molecular formula is C23H15AsN5O3S2. The molecule has 34 heavy (non-hydrogen) atoms. The van der Waals surface area contributed by atoms with Crippen LogP contribution in [0.15, 0.2) is 76.1 Å². The Morgan fingerprint density at radius 3 is 2.76 bits per heavy atom. The number of hydrogen-bond acceptors (Lipinski definition) is 6. The molecule has 8 nitrogen and oxygen atoms in total. The van der Waals surface area contributed by atoms with Gasteiger partial charge in [0.2, 0.25) is 0 Å². The quantitative estimate of drug-likeness (QED) is 0.230. The van der Waals surface area contributed by atoms with E-state index in [2.05, 4.69) is 25.2 Å². The summed E-state index contributed by atoms with van der Waals surface area (Å²) in [4.78, 5) is 19.1. The van der Waals surface area contributed by atoms with Gasteiger partial charge in [0, 0.05) is 0 Å². The van der Waals surface area contributed by atoms with Gasteiger partial charge in [0.25, 0.3) is 0 Å². The molecule has 0 bridgehead atoms. The number of sulfonamides is 1. The normalized spacial score (nSPS) is 14.9. The van der Waals surface area contributed by atoms with E-state index in [1.54, 1.807) is 54.2 Å². The molecule has 0 spiro atoms. The summed E-state index contributed by atoms with van der Waals surface area (Å²) in [5.41, 5.74) is 6.21. The number of aromatic amines is 1. The summed E-state index contributed by atoms with van der Waals surface area (Å²) in [6.07, 6.45) is 1.68. The first-order valence-corrected chi connectivity index (χ1v) is 14.5. The fourth-order valence-corrected chi connectivity index (χ4v) is 7.47. The van der Waals surface area contributed by atoms with Crippen LogP contribution in [-0.2, 0) is 14.8 Å². The summed E-state index contributed by atoms with van der Waals surface area (Å²) in [6.45, 7) is 0. The number of H-pyrrole nitrogens is 1. The molecule has 167 valence electrons. The number of fused-ring (bicyclic) bond motifs is 4. The average Bonchev–Trinajstić information content (AvgIpc) is 3.55. The van der Waals surface area contributed by atoms with Crippen LogP contribution in [0, 0.1) is 0 Å². The van der Waals surface area contributed by atoms with E-state index < -0.39 is 25.8 Å². The summed E-state index contributed by atoms with van der Waals surface area (Å²) in [5.74, 6) is -0.121. The molecule has 1 aliphatic rings. The number of aromatic nitrogens is 3. The molecule has 0 saturated carbocycles. The van der Waals surface area contributed by atoms with Gasteiger partial charge in [-0.15, -0.1) is 0 Å². The molecule has 1 aliphatic heterocycles. The standard InChI is InChI=1S/C23H15AsN5O3S2/c30-23-17(21-18(27-23)7-8-19-22(21)33-12-25-19)10-24-14-2-5-16(6-3-14)34(31,32)29-15-4-1-13-11-26-28-20(13)9-15/h1-12,29H,(H,26,28)(H,27,30). The van der Waals surface area contributed by atoms with Gasteiger partial charge in [-0.2, -0.15) is 0 Å². The predicted octanol–water partition coefficient (Wildman–Crippen LogP) is 3.30. The topological polar surface area (TPSA) is 117 Å². The van der Waals surface area contributed by atoms with E-state index >= 15 is 0 Å². The van der Waals surface area contributed by atoms with Crippen LogP contribution in [0.5, 0.6) is 0 Å². The number of amides is 1. The third-order valence-corrected chi connectivity index (χ3v) is 9.77. The first-order valence-electron chi connectivity index (χ1n) is 10.1. The number of carbonyl (C=O) groups is 1. The van der Waals surface area contributed by atoms with Gasteiger partial charge in [-0.25, -0.2) is 0 Å². The summed E-state index contributed by atoms with van der Waals surface area (Å²) >= 11 is 1.02. The first-order chi connectivity index (χ1) is 16.5. The maximum atomic E-state index is 12.8. The van der Waals surface area contributed by atoms with Crippen LogP contribution in [-0.4, -0.2) is 45.3 Å². The van der Waals surface area contributed by atoms with E-state index in [0.29, 0.717) is 11.3 Å². The SMILES string of the molecule is O=C1Nc2ccc3ncsc3c2C1=C[As]c1ccc(S(=O)(=O)Nc2ccc3cn[nH]c3c2)cc1. The Hall–Kier alpha value is -3.46. The minimum atomic E-state index is -3.74. The Kier molecular flexibility index (Phi) is 5.02.